The van der Waals surface area contributed by atoms with Crippen LogP contribution in [0.3, 0.4) is 0 Å². The second-order valence-corrected chi connectivity index (χ2v) is 5.86. The van der Waals surface area contributed by atoms with Gasteiger partial charge < -0.3 is 15.0 Å². The zero-order valence-corrected chi connectivity index (χ0v) is 14.1. The molecule has 0 spiro atoms. The van der Waals surface area contributed by atoms with Crippen LogP contribution in [-0.4, -0.2) is 58.1 Å². The lowest BCUT2D eigenvalue weighted by atomic mass is 10.1. The van der Waals surface area contributed by atoms with Crippen molar-refractivity contribution in [1.82, 2.24) is 25.2 Å². The summed E-state index contributed by atoms with van der Waals surface area (Å²) < 4.78 is 44.3. The van der Waals surface area contributed by atoms with Gasteiger partial charge in [-0.15, -0.1) is 5.10 Å². The first kappa shape index (κ1) is 18.7. The summed E-state index contributed by atoms with van der Waals surface area (Å²) in [5.41, 5.74) is -0.335. The Kier molecular flexibility index (Phi) is 5.28. The minimum absolute atomic E-state index is 0.0333. The highest BCUT2D eigenvalue weighted by Gasteiger charge is 2.30. The highest BCUT2D eigenvalue weighted by molar-refractivity contribution is 5.91. The average molecular weight is 383 g/mol. The first-order valence-corrected chi connectivity index (χ1v) is 8.09. The van der Waals surface area contributed by atoms with E-state index < -0.39 is 23.7 Å². The van der Waals surface area contributed by atoms with E-state index in [2.05, 4.69) is 15.6 Å². The van der Waals surface area contributed by atoms with Gasteiger partial charge in [0.1, 0.15) is 6.61 Å². The van der Waals surface area contributed by atoms with Crippen LogP contribution in [0.15, 0.2) is 30.5 Å². The zero-order valence-electron chi connectivity index (χ0n) is 14.1. The zero-order chi connectivity index (χ0) is 19.4. The lowest BCUT2D eigenvalue weighted by Gasteiger charge is -2.12. The minimum Gasteiger partial charge on any atom is -0.448 e. The lowest BCUT2D eigenvalue weighted by Crippen LogP contribution is -2.35. The van der Waals surface area contributed by atoms with Crippen molar-refractivity contribution < 1.29 is 27.5 Å². The van der Waals surface area contributed by atoms with Crippen molar-refractivity contribution in [2.45, 2.75) is 12.7 Å². The molecule has 0 aliphatic carbocycles. The molecule has 1 aromatic carbocycles. The Labute approximate surface area is 151 Å². The van der Waals surface area contributed by atoms with E-state index in [-0.39, 0.29) is 18.8 Å². The molecule has 1 aromatic heterocycles. The SMILES string of the molecule is O=C(NCCN1CCOC1=O)c1cn(Cc2cccc(C(F)(F)F)c2)nn1. The second-order valence-electron chi connectivity index (χ2n) is 5.86. The maximum Gasteiger partial charge on any atom is 0.416 e. The molecule has 144 valence electrons. The van der Waals surface area contributed by atoms with Gasteiger partial charge in [0.25, 0.3) is 5.91 Å². The van der Waals surface area contributed by atoms with Crippen LogP contribution in [-0.2, 0) is 17.5 Å². The number of hydrogen-bond acceptors (Lipinski definition) is 5. The number of rotatable bonds is 6. The topological polar surface area (TPSA) is 89.4 Å². The summed E-state index contributed by atoms with van der Waals surface area (Å²) in [6, 6.07) is 4.86. The molecule has 1 N–H and O–H groups in total. The van der Waals surface area contributed by atoms with Gasteiger partial charge in [0, 0.05) is 13.1 Å². The number of cyclic esters (lactones) is 1. The number of halogens is 3. The van der Waals surface area contributed by atoms with E-state index >= 15 is 0 Å². The molecule has 0 bridgehead atoms. The Morgan fingerprint density at radius 1 is 1.33 bits per heavy atom. The molecule has 0 atom stereocenters. The van der Waals surface area contributed by atoms with Gasteiger partial charge >= 0.3 is 12.3 Å². The summed E-state index contributed by atoms with van der Waals surface area (Å²) in [5.74, 6) is -0.488. The van der Waals surface area contributed by atoms with E-state index in [1.165, 1.54) is 27.9 Å². The standard InChI is InChI=1S/C16H16F3N5O3/c17-16(18,19)12-3-1-2-11(8-12)9-24-10-13(21-22-24)14(25)20-4-5-23-6-7-27-15(23)26/h1-3,8,10H,4-7,9H2,(H,20,25). The molecule has 2 heterocycles. The van der Waals surface area contributed by atoms with Crippen molar-refractivity contribution in [1.29, 1.82) is 0 Å². The van der Waals surface area contributed by atoms with E-state index in [1.807, 2.05) is 0 Å². The number of aromatic nitrogens is 3. The maximum absolute atomic E-state index is 12.8. The van der Waals surface area contributed by atoms with E-state index in [1.54, 1.807) is 0 Å². The fraction of sp³-hybridized carbons (Fsp3) is 0.375. The molecule has 11 heteroatoms. The van der Waals surface area contributed by atoms with Crippen LogP contribution in [0, 0.1) is 0 Å². The van der Waals surface area contributed by atoms with Crippen molar-refractivity contribution in [2.24, 2.45) is 0 Å². The van der Waals surface area contributed by atoms with Gasteiger partial charge in [0.05, 0.1) is 24.8 Å². The summed E-state index contributed by atoms with van der Waals surface area (Å²) in [6.07, 6.45) is -3.50. The second kappa shape index (κ2) is 7.64. The molecular weight excluding hydrogens is 367 g/mol. The van der Waals surface area contributed by atoms with Gasteiger partial charge in [0.2, 0.25) is 0 Å². The molecule has 1 saturated heterocycles. The number of benzene rings is 1. The Morgan fingerprint density at radius 3 is 2.85 bits per heavy atom. The smallest absolute Gasteiger partial charge is 0.416 e. The number of carbonyl (C=O) groups excluding carboxylic acids is 2. The normalized spacial score (nSPS) is 14.3. The van der Waals surface area contributed by atoms with Crippen molar-refractivity contribution in [2.75, 3.05) is 26.2 Å². The quantitative estimate of drug-likeness (QED) is 0.817. The van der Waals surface area contributed by atoms with Crippen LogP contribution >= 0.6 is 0 Å². The summed E-state index contributed by atoms with van der Waals surface area (Å²) in [4.78, 5) is 24.8. The van der Waals surface area contributed by atoms with Gasteiger partial charge in [-0.25, -0.2) is 9.48 Å². The summed E-state index contributed by atoms with van der Waals surface area (Å²) >= 11 is 0. The van der Waals surface area contributed by atoms with Crippen molar-refractivity contribution in [3.8, 4) is 0 Å². The number of carbonyl (C=O) groups is 2. The van der Waals surface area contributed by atoms with E-state index in [0.29, 0.717) is 25.3 Å². The van der Waals surface area contributed by atoms with Crippen molar-refractivity contribution in [3.05, 3.63) is 47.3 Å². The minimum atomic E-state index is -4.43. The third-order valence-corrected chi connectivity index (χ3v) is 3.88. The van der Waals surface area contributed by atoms with Crippen LogP contribution in [0.2, 0.25) is 0 Å². The lowest BCUT2D eigenvalue weighted by molar-refractivity contribution is -0.137. The molecule has 1 aliphatic heterocycles. The summed E-state index contributed by atoms with van der Waals surface area (Å²) in [5, 5.41) is 10.1. The van der Waals surface area contributed by atoms with Gasteiger partial charge in [-0.1, -0.05) is 17.3 Å². The third kappa shape index (κ3) is 4.74. The highest BCUT2D eigenvalue weighted by Crippen LogP contribution is 2.29. The van der Waals surface area contributed by atoms with Crippen LogP contribution in [0.1, 0.15) is 21.6 Å². The number of nitrogens with one attached hydrogen (secondary N) is 1. The van der Waals surface area contributed by atoms with Crippen LogP contribution in [0.4, 0.5) is 18.0 Å². The molecule has 0 radical (unpaired) electrons. The number of hydrogen-bond donors (Lipinski definition) is 1. The molecule has 0 unspecified atom stereocenters. The Hall–Kier alpha value is -3.11. The molecule has 3 rings (SSSR count). The molecule has 27 heavy (non-hydrogen) atoms. The van der Waals surface area contributed by atoms with E-state index in [4.69, 9.17) is 4.74 Å². The molecule has 1 fully saturated rings. The highest BCUT2D eigenvalue weighted by atomic mass is 19.4. The van der Waals surface area contributed by atoms with E-state index in [0.717, 1.165) is 12.1 Å². The number of alkyl halides is 3. The average Bonchev–Trinajstić information content (AvgIpc) is 3.24. The van der Waals surface area contributed by atoms with Gasteiger partial charge in [0.15, 0.2) is 5.69 Å². The molecule has 8 nitrogen and oxygen atoms in total. The number of amides is 2. The van der Waals surface area contributed by atoms with Crippen LogP contribution in [0.5, 0.6) is 0 Å². The predicted octanol–water partition coefficient (Wildman–Crippen LogP) is 1.53. The molecule has 0 saturated carbocycles. The van der Waals surface area contributed by atoms with Crippen LogP contribution in [0.25, 0.3) is 0 Å². The molecular formula is C16H16F3N5O3. The largest absolute Gasteiger partial charge is 0.448 e. The number of ether oxygens (including phenoxy) is 1. The molecule has 2 amide bonds. The van der Waals surface area contributed by atoms with Crippen molar-refractivity contribution >= 4 is 12.0 Å². The monoisotopic (exact) mass is 383 g/mol. The van der Waals surface area contributed by atoms with Gasteiger partial charge in [-0.2, -0.15) is 13.2 Å². The third-order valence-electron chi connectivity index (χ3n) is 3.88. The van der Waals surface area contributed by atoms with Crippen LogP contribution < -0.4 is 5.32 Å². The van der Waals surface area contributed by atoms with Gasteiger partial charge in [-0.05, 0) is 17.7 Å². The fourth-order valence-corrected chi connectivity index (χ4v) is 2.54. The molecule has 2 aromatic rings. The molecule has 1 aliphatic rings. The number of nitrogens with zero attached hydrogens (tertiary/aromatic N) is 4. The van der Waals surface area contributed by atoms with Crippen molar-refractivity contribution in [3.63, 3.8) is 0 Å². The summed E-state index contributed by atoms with van der Waals surface area (Å²) in [6.45, 7) is 1.37. The Balaban J connectivity index is 1.55. The Morgan fingerprint density at radius 2 is 2.15 bits per heavy atom. The fourth-order valence-electron chi connectivity index (χ4n) is 2.54. The van der Waals surface area contributed by atoms with Gasteiger partial charge in [-0.3, -0.25) is 4.79 Å². The predicted molar refractivity (Wildman–Crippen MR) is 85.8 cm³/mol. The first-order chi connectivity index (χ1) is 12.8. The summed E-state index contributed by atoms with van der Waals surface area (Å²) in [7, 11) is 0. The van der Waals surface area contributed by atoms with E-state index in [9.17, 15) is 22.8 Å². The first-order valence-electron chi connectivity index (χ1n) is 8.09. The maximum atomic E-state index is 12.8. The Bertz CT molecular complexity index is 837.